The highest BCUT2D eigenvalue weighted by molar-refractivity contribution is 14.1. The molecule has 0 unspecified atom stereocenters. The van der Waals surface area contributed by atoms with Crippen molar-refractivity contribution in [2.75, 3.05) is 6.61 Å². The molecule has 0 bridgehead atoms. The van der Waals surface area contributed by atoms with E-state index in [4.69, 9.17) is 4.74 Å². The first-order valence-corrected chi connectivity index (χ1v) is 10.2. The molecule has 0 aliphatic rings. The van der Waals surface area contributed by atoms with Crippen molar-refractivity contribution >= 4 is 50.3 Å². The lowest BCUT2D eigenvalue weighted by atomic mass is 9.87. The van der Waals surface area contributed by atoms with E-state index in [2.05, 4.69) is 70.1 Å². The number of aryl methyl sites for hydroxylation is 1. The van der Waals surface area contributed by atoms with Crippen LogP contribution in [0.25, 0.3) is 0 Å². The topological polar surface area (TPSA) is 67.4 Å². The van der Waals surface area contributed by atoms with Crippen LogP contribution in [0.3, 0.4) is 0 Å². The molecule has 0 saturated carbocycles. The third-order valence-electron chi connectivity index (χ3n) is 3.91. The molecule has 5 nitrogen and oxygen atoms in total. The van der Waals surface area contributed by atoms with Gasteiger partial charge in [-0.3, -0.25) is 20.4 Å². The summed E-state index contributed by atoms with van der Waals surface area (Å²) < 4.78 is 7.29. The average molecular weight is 545 g/mol. The Morgan fingerprint density at radius 3 is 2.41 bits per heavy atom. The minimum absolute atomic E-state index is 0.0243. The predicted molar refractivity (Wildman–Crippen MR) is 118 cm³/mol. The van der Waals surface area contributed by atoms with Crippen molar-refractivity contribution in [2.45, 2.75) is 33.1 Å². The Morgan fingerprint density at radius 2 is 1.81 bits per heavy atom. The first-order valence-electron chi connectivity index (χ1n) is 8.36. The monoisotopic (exact) mass is 544 g/mol. The van der Waals surface area contributed by atoms with Gasteiger partial charge in [0.15, 0.2) is 6.61 Å². The van der Waals surface area contributed by atoms with E-state index in [1.165, 1.54) is 0 Å². The fourth-order valence-corrected chi connectivity index (χ4v) is 3.21. The van der Waals surface area contributed by atoms with E-state index < -0.39 is 5.91 Å². The Bertz CT molecular complexity index is 863. The number of rotatable bonds is 4. The quantitative estimate of drug-likeness (QED) is 0.440. The van der Waals surface area contributed by atoms with E-state index in [0.717, 1.165) is 19.2 Å². The van der Waals surface area contributed by atoms with Crippen LogP contribution in [0, 0.1) is 10.5 Å². The summed E-state index contributed by atoms with van der Waals surface area (Å²) in [6, 6.07) is 11.1. The molecule has 0 aromatic heterocycles. The Hall–Kier alpha value is -1.61. The zero-order chi connectivity index (χ0) is 20.2. The Morgan fingerprint density at radius 1 is 1.11 bits per heavy atom. The maximum Gasteiger partial charge on any atom is 0.276 e. The smallest absolute Gasteiger partial charge is 0.276 e. The number of halogens is 2. The third-order valence-corrected chi connectivity index (χ3v) is 5.69. The van der Waals surface area contributed by atoms with Crippen LogP contribution in [-0.2, 0) is 10.2 Å². The summed E-state index contributed by atoms with van der Waals surface area (Å²) in [4.78, 5) is 24.0. The van der Waals surface area contributed by atoms with E-state index in [9.17, 15) is 9.59 Å². The number of ether oxygens (including phenoxy) is 1. The lowest BCUT2D eigenvalue weighted by Gasteiger charge is -2.20. The minimum atomic E-state index is -0.447. The SMILES string of the molecule is Cc1ccc(C(=O)NNC(=O)COc2ccc(C(C)(C)C)cc2Br)cc1I. The van der Waals surface area contributed by atoms with Crippen molar-refractivity contribution in [3.05, 3.63) is 61.1 Å². The molecule has 0 atom stereocenters. The van der Waals surface area contributed by atoms with Gasteiger partial charge in [0.2, 0.25) is 0 Å². The molecule has 2 rings (SSSR count). The van der Waals surface area contributed by atoms with Gasteiger partial charge in [-0.25, -0.2) is 0 Å². The molecule has 7 heteroatoms. The molecule has 0 radical (unpaired) electrons. The first kappa shape index (κ1) is 21.7. The van der Waals surface area contributed by atoms with E-state index in [1.54, 1.807) is 12.1 Å². The average Bonchev–Trinajstić information content (AvgIpc) is 2.60. The van der Waals surface area contributed by atoms with Crippen molar-refractivity contribution in [3.63, 3.8) is 0 Å². The number of nitrogens with one attached hydrogen (secondary N) is 2. The summed E-state index contributed by atoms with van der Waals surface area (Å²) in [7, 11) is 0. The molecule has 2 N–H and O–H groups in total. The van der Waals surface area contributed by atoms with Crippen molar-refractivity contribution in [1.82, 2.24) is 10.9 Å². The summed E-state index contributed by atoms with van der Waals surface area (Å²) >= 11 is 5.63. The van der Waals surface area contributed by atoms with Gasteiger partial charge in [0.1, 0.15) is 5.75 Å². The molecule has 0 aliphatic heterocycles. The maximum atomic E-state index is 12.1. The van der Waals surface area contributed by atoms with E-state index >= 15 is 0 Å². The maximum absolute atomic E-state index is 12.1. The van der Waals surface area contributed by atoms with Gasteiger partial charge in [0.25, 0.3) is 11.8 Å². The number of amides is 2. The largest absolute Gasteiger partial charge is 0.483 e. The fraction of sp³-hybridized carbons (Fsp3) is 0.300. The lowest BCUT2D eigenvalue weighted by Crippen LogP contribution is -2.43. The first-order chi connectivity index (χ1) is 12.6. The third kappa shape index (κ3) is 6.21. The molecular formula is C20H22BrIN2O3. The highest BCUT2D eigenvalue weighted by Gasteiger charge is 2.16. The fourth-order valence-electron chi connectivity index (χ4n) is 2.20. The summed E-state index contributed by atoms with van der Waals surface area (Å²) in [5.41, 5.74) is 7.50. The van der Waals surface area contributed by atoms with Crippen molar-refractivity contribution in [2.24, 2.45) is 0 Å². The minimum Gasteiger partial charge on any atom is -0.483 e. The molecule has 0 heterocycles. The lowest BCUT2D eigenvalue weighted by molar-refractivity contribution is -0.123. The van der Waals surface area contributed by atoms with Crippen LogP contribution in [-0.4, -0.2) is 18.4 Å². The zero-order valence-electron chi connectivity index (χ0n) is 15.7. The van der Waals surface area contributed by atoms with E-state index in [-0.39, 0.29) is 17.9 Å². The second-order valence-electron chi connectivity index (χ2n) is 7.15. The van der Waals surface area contributed by atoms with Gasteiger partial charge >= 0.3 is 0 Å². The molecule has 27 heavy (non-hydrogen) atoms. The number of hydrogen-bond acceptors (Lipinski definition) is 3. The number of benzene rings is 2. The predicted octanol–water partition coefficient (Wildman–Crippen LogP) is 4.50. The summed E-state index contributed by atoms with van der Waals surface area (Å²) in [5.74, 6) is -0.258. The summed E-state index contributed by atoms with van der Waals surface area (Å²) in [5, 5.41) is 0. The molecule has 0 spiro atoms. The van der Waals surface area contributed by atoms with E-state index in [1.807, 2.05) is 31.2 Å². The van der Waals surface area contributed by atoms with Crippen LogP contribution in [0.1, 0.15) is 42.3 Å². The van der Waals surface area contributed by atoms with Gasteiger partial charge in [-0.2, -0.15) is 0 Å². The molecule has 144 valence electrons. The van der Waals surface area contributed by atoms with Gasteiger partial charge < -0.3 is 4.74 Å². The second kappa shape index (κ2) is 9.05. The van der Waals surface area contributed by atoms with Gasteiger partial charge in [0, 0.05) is 9.13 Å². The van der Waals surface area contributed by atoms with Gasteiger partial charge in [0.05, 0.1) is 4.47 Å². The van der Waals surface area contributed by atoms with Crippen molar-refractivity contribution in [3.8, 4) is 5.75 Å². The van der Waals surface area contributed by atoms with Crippen LogP contribution >= 0.6 is 38.5 Å². The second-order valence-corrected chi connectivity index (χ2v) is 9.17. The zero-order valence-corrected chi connectivity index (χ0v) is 19.4. The van der Waals surface area contributed by atoms with E-state index in [0.29, 0.717) is 11.3 Å². The standard InChI is InChI=1S/C20H22BrIN2O3/c1-12-5-6-13(9-16(12)22)19(26)24-23-18(25)11-27-17-8-7-14(10-15(17)21)20(2,3)4/h5-10H,11H2,1-4H3,(H,23,25)(H,24,26). The molecule has 2 amide bonds. The van der Waals surface area contributed by atoms with Gasteiger partial charge in [-0.05, 0) is 86.3 Å². The molecular weight excluding hydrogens is 523 g/mol. The number of hydrazine groups is 1. The van der Waals surface area contributed by atoms with Gasteiger partial charge in [-0.15, -0.1) is 0 Å². The summed E-state index contributed by atoms with van der Waals surface area (Å²) in [6.45, 7) is 8.13. The van der Waals surface area contributed by atoms with Crippen LogP contribution in [0.5, 0.6) is 5.75 Å². The Balaban J connectivity index is 1.87. The molecule has 2 aromatic carbocycles. The van der Waals surface area contributed by atoms with Crippen LogP contribution in [0.15, 0.2) is 40.9 Å². The van der Waals surface area contributed by atoms with Crippen molar-refractivity contribution < 1.29 is 14.3 Å². The Kier molecular flexibility index (Phi) is 7.27. The van der Waals surface area contributed by atoms with Crippen molar-refractivity contribution in [1.29, 1.82) is 0 Å². The van der Waals surface area contributed by atoms with Crippen LogP contribution < -0.4 is 15.6 Å². The normalized spacial score (nSPS) is 11.0. The van der Waals surface area contributed by atoms with Gasteiger partial charge in [-0.1, -0.05) is 32.9 Å². The molecule has 0 saturated heterocycles. The molecule has 0 fully saturated rings. The summed E-state index contributed by atoms with van der Waals surface area (Å²) in [6.07, 6.45) is 0. The highest BCUT2D eigenvalue weighted by Crippen LogP contribution is 2.31. The Labute approximate surface area is 181 Å². The number of carbonyl (C=O) groups is 2. The highest BCUT2D eigenvalue weighted by atomic mass is 127. The number of hydrogen-bond donors (Lipinski definition) is 2. The molecule has 0 aliphatic carbocycles. The number of carbonyl (C=O) groups excluding carboxylic acids is 2. The van der Waals surface area contributed by atoms with Crippen LogP contribution in [0.4, 0.5) is 0 Å². The molecule has 2 aromatic rings. The van der Waals surface area contributed by atoms with Crippen LogP contribution in [0.2, 0.25) is 0 Å².